The molecule has 4 nitrogen and oxygen atoms in total. The van der Waals surface area contributed by atoms with Crippen molar-refractivity contribution in [3.8, 4) is 6.07 Å². The fourth-order valence-corrected chi connectivity index (χ4v) is 0.669. The van der Waals surface area contributed by atoms with E-state index in [1.807, 2.05) is 6.07 Å². The molecule has 1 atom stereocenters. The number of rotatable bonds is 0. The minimum atomic E-state index is -0.255. The Morgan fingerprint density at radius 1 is 2.00 bits per heavy atom. The molecule has 0 aromatic carbocycles. The first-order chi connectivity index (χ1) is 4.24. The minimum absolute atomic E-state index is 0.255. The first-order valence-corrected chi connectivity index (χ1v) is 2.61. The molecule has 0 bridgehead atoms. The Hall–Kier alpha value is -1.21. The zero-order valence-electron chi connectivity index (χ0n) is 5.13. The van der Waals surface area contributed by atoms with Gasteiger partial charge in [-0.1, -0.05) is 0 Å². The second-order valence-corrected chi connectivity index (χ2v) is 1.89. The van der Waals surface area contributed by atoms with Crippen LogP contribution >= 0.6 is 0 Å². The van der Waals surface area contributed by atoms with Gasteiger partial charge in [-0.15, -0.1) is 0 Å². The van der Waals surface area contributed by atoms with Crippen LogP contribution < -0.4 is 11.2 Å². The number of nitriles is 1. The van der Waals surface area contributed by atoms with Gasteiger partial charge in [-0.25, -0.2) is 5.43 Å². The van der Waals surface area contributed by atoms with Gasteiger partial charge in [-0.05, 0) is 6.08 Å². The van der Waals surface area contributed by atoms with Crippen molar-refractivity contribution in [3.63, 3.8) is 0 Å². The van der Waals surface area contributed by atoms with Gasteiger partial charge in [0.25, 0.3) is 0 Å². The summed E-state index contributed by atoms with van der Waals surface area (Å²) in [6.07, 6.45) is 1.67. The van der Waals surface area contributed by atoms with Gasteiger partial charge in [0.1, 0.15) is 11.9 Å². The SMILES string of the molecule is CN1NC(C#N)C=C1N. The molecule has 0 amide bonds. The van der Waals surface area contributed by atoms with Crippen LogP contribution in [0.15, 0.2) is 11.9 Å². The van der Waals surface area contributed by atoms with Gasteiger partial charge >= 0.3 is 0 Å². The standard InChI is InChI=1S/C5H8N4/c1-9-5(7)2-4(3-6)8-9/h2,4,8H,7H2,1H3. The zero-order valence-corrected chi connectivity index (χ0v) is 5.13. The molecule has 1 unspecified atom stereocenters. The van der Waals surface area contributed by atoms with Crippen LogP contribution in [-0.2, 0) is 0 Å². The Labute approximate surface area is 53.5 Å². The molecule has 48 valence electrons. The monoisotopic (exact) mass is 124 g/mol. The van der Waals surface area contributed by atoms with E-state index >= 15 is 0 Å². The molecular weight excluding hydrogens is 116 g/mol. The third kappa shape index (κ3) is 0.952. The highest BCUT2D eigenvalue weighted by Crippen LogP contribution is 2.01. The summed E-state index contributed by atoms with van der Waals surface area (Å²) in [4.78, 5) is 0. The second-order valence-electron chi connectivity index (χ2n) is 1.89. The third-order valence-corrected chi connectivity index (χ3v) is 1.20. The highest BCUT2D eigenvalue weighted by Gasteiger charge is 2.15. The number of hydrazine groups is 1. The molecule has 1 aliphatic heterocycles. The fraction of sp³-hybridized carbons (Fsp3) is 0.400. The Kier molecular flexibility index (Phi) is 1.29. The van der Waals surface area contributed by atoms with E-state index in [1.165, 1.54) is 0 Å². The molecule has 0 radical (unpaired) electrons. The van der Waals surface area contributed by atoms with Crippen LogP contribution in [-0.4, -0.2) is 18.1 Å². The molecule has 0 spiro atoms. The summed E-state index contributed by atoms with van der Waals surface area (Å²) in [6.45, 7) is 0. The maximum Gasteiger partial charge on any atom is 0.135 e. The van der Waals surface area contributed by atoms with Gasteiger partial charge in [0.15, 0.2) is 0 Å². The number of nitrogens with two attached hydrogens (primary N) is 1. The van der Waals surface area contributed by atoms with E-state index in [4.69, 9.17) is 11.0 Å². The first-order valence-electron chi connectivity index (χ1n) is 2.61. The van der Waals surface area contributed by atoms with Crippen LogP contribution in [0.25, 0.3) is 0 Å². The third-order valence-electron chi connectivity index (χ3n) is 1.20. The van der Waals surface area contributed by atoms with Gasteiger partial charge in [0, 0.05) is 7.05 Å². The van der Waals surface area contributed by atoms with E-state index in [0.717, 1.165) is 0 Å². The zero-order chi connectivity index (χ0) is 6.85. The molecule has 0 aliphatic carbocycles. The summed E-state index contributed by atoms with van der Waals surface area (Å²) in [6, 6.07) is 1.76. The van der Waals surface area contributed by atoms with E-state index in [1.54, 1.807) is 18.1 Å². The maximum absolute atomic E-state index is 8.36. The topological polar surface area (TPSA) is 65.1 Å². The molecule has 1 heterocycles. The Bertz CT molecular complexity index is 178. The van der Waals surface area contributed by atoms with Crippen molar-refractivity contribution in [3.05, 3.63) is 11.9 Å². The van der Waals surface area contributed by atoms with Crippen LogP contribution in [0.1, 0.15) is 0 Å². The van der Waals surface area contributed by atoms with Crippen LogP contribution in [0.3, 0.4) is 0 Å². The van der Waals surface area contributed by atoms with Gasteiger partial charge in [-0.3, -0.25) is 5.01 Å². The highest BCUT2D eigenvalue weighted by molar-refractivity contribution is 5.15. The maximum atomic E-state index is 8.36. The average Bonchev–Trinajstić information content (AvgIpc) is 2.13. The molecule has 1 aliphatic rings. The molecule has 0 aromatic rings. The predicted octanol–water partition coefficient (Wildman–Crippen LogP) is -0.871. The second kappa shape index (κ2) is 1.96. The predicted molar refractivity (Wildman–Crippen MR) is 32.6 cm³/mol. The number of nitrogens with one attached hydrogen (secondary N) is 1. The van der Waals surface area contributed by atoms with Crippen molar-refractivity contribution in [2.24, 2.45) is 5.73 Å². The summed E-state index contributed by atoms with van der Waals surface area (Å²) in [7, 11) is 1.77. The lowest BCUT2D eigenvalue weighted by atomic mass is 10.3. The average molecular weight is 124 g/mol. The Morgan fingerprint density at radius 3 is 2.89 bits per heavy atom. The normalized spacial score (nSPS) is 25.6. The van der Waals surface area contributed by atoms with Crippen molar-refractivity contribution >= 4 is 0 Å². The quantitative estimate of drug-likeness (QED) is 0.440. The fourth-order valence-electron chi connectivity index (χ4n) is 0.669. The lowest BCUT2D eigenvalue weighted by Crippen LogP contribution is -2.34. The van der Waals surface area contributed by atoms with Crippen molar-refractivity contribution in [2.75, 3.05) is 7.05 Å². The summed E-state index contributed by atoms with van der Waals surface area (Å²) < 4.78 is 0. The van der Waals surface area contributed by atoms with E-state index in [9.17, 15) is 0 Å². The molecule has 3 N–H and O–H groups in total. The highest BCUT2D eigenvalue weighted by atomic mass is 15.5. The molecule has 9 heavy (non-hydrogen) atoms. The van der Waals surface area contributed by atoms with Crippen molar-refractivity contribution in [2.45, 2.75) is 6.04 Å². The van der Waals surface area contributed by atoms with E-state index in [0.29, 0.717) is 5.82 Å². The summed E-state index contributed by atoms with van der Waals surface area (Å²) >= 11 is 0. The van der Waals surface area contributed by atoms with Crippen LogP contribution in [0.5, 0.6) is 0 Å². The Morgan fingerprint density at radius 2 is 2.67 bits per heavy atom. The van der Waals surface area contributed by atoms with Gasteiger partial charge in [0.05, 0.1) is 6.07 Å². The largest absolute Gasteiger partial charge is 0.385 e. The van der Waals surface area contributed by atoms with Crippen LogP contribution in [0.2, 0.25) is 0 Å². The van der Waals surface area contributed by atoms with Gasteiger partial charge < -0.3 is 5.73 Å². The lowest BCUT2D eigenvalue weighted by Gasteiger charge is -2.12. The summed E-state index contributed by atoms with van der Waals surface area (Å²) in [5, 5.41) is 9.98. The number of nitrogens with zero attached hydrogens (tertiary/aromatic N) is 2. The van der Waals surface area contributed by atoms with Gasteiger partial charge in [-0.2, -0.15) is 5.26 Å². The first kappa shape index (κ1) is 5.92. The lowest BCUT2D eigenvalue weighted by molar-refractivity contribution is 0.324. The molecular formula is C5H8N4. The van der Waals surface area contributed by atoms with Crippen molar-refractivity contribution in [1.82, 2.24) is 10.4 Å². The molecule has 0 aromatic heterocycles. The smallest absolute Gasteiger partial charge is 0.135 e. The molecule has 0 saturated carbocycles. The molecule has 1 rings (SSSR count). The molecule has 4 heteroatoms. The van der Waals surface area contributed by atoms with Gasteiger partial charge in [0.2, 0.25) is 0 Å². The summed E-state index contributed by atoms with van der Waals surface area (Å²) in [5.41, 5.74) is 8.23. The molecule has 0 saturated heterocycles. The van der Waals surface area contributed by atoms with E-state index in [-0.39, 0.29) is 6.04 Å². The van der Waals surface area contributed by atoms with E-state index < -0.39 is 0 Å². The summed E-state index contributed by atoms with van der Waals surface area (Å²) in [5.74, 6) is 0.599. The number of hydrogen-bond donors (Lipinski definition) is 2. The van der Waals surface area contributed by atoms with Crippen LogP contribution in [0.4, 0.5) is 0 Å². The van der Waals surface area contributed by atoms with Crippen molar-refractivity contribution in [1.29, 1.82) is 5.26 Å². The van der Waals surface area contributed by atoms with Crippen LogP contribution in [0, 0.1) is 11.3 Å². The van der Waals surface area contributed by atoms with Crippen molar-refractivity contribution < 1.29 is 0 Å². The Balaban J connectivity index is 2.65. The minimum Gasteiger partial charge on any atom is -0.385 e. The van der Waals surface area contributed by atoms with E-state index in [2.05, 4.69) is 5.43 Å². The number of hydrogen-bond acceptors (Lipinski definition) is 4. The molecule has 0 fully saturated rings.